The fourth-order valence-corrected chi connectivity index (χ4v) is 3.94. The Labute approximate surface area is 273 Å². The highest BCUT2D eigenvalue weighted by atomic mass is 35.5. The molecule has 17 N–H and O–H groups in total. The topological polar surface area (TPSA) is 345 Å². The van der Waals surface area contributed by atoms with Gasteiger partial charge in [-0.25, -0.2) is 9.59 Å². The summed E-state index contributed by atoms with van der Waals surface area (Å²) in [5.41, 5.74) is 22.0. The van der Waals surface area contributed by atoms with Crippen LogP contribution >= 0.6 is 12.4 Å². The van der Waals surface area contributed by atoms with E-state index in [1.165, 1.54) is 0 Å². The van der Waals surface area contributed by atoms with Crippen molar-refractivity contribution in [2.24, 2.45) is 38.8 Å². The van der Waals surface area contributed by atoms with Crippen LogP contribution in [-0.2, 0) is 25.6 Å². The van der Waals surface area contributed by atoms with E-state index in [4.69, 9.17) is 22.9 Å². The average molecular weight is 677 g/mol. The molecule has 0 saturated heterocycles. The number of nitrogens with zero attached hydrogens (tertiary/aromatic N) is 2. The molecular weight excluding hydrogens is 628 g/mol. The smallest absolute Gasteiger partial charge is 0.326 e. The first-order valence-corrected chi connectivity index (χ1v) is 13.8. The summed E-state index contributed by atoms with van der Waals surface area (Å²) in [5, 5.41) is 19.7. The van der Waals surface area contributed by atoms with Gasteiger partial charge in [0.05, 0.1) is 6.04 Å². The number of hydrogen-bond acceptors (Lipinski definition) is 7. The van der Waals surface area contributed by atoms with Crippen molar-refractivity contribution >= 4 is 54.4 Å². The molecule has 4 atom stereocenters. The van der Waals surface area contributed by atoms with Crippen LogP contribution < -0.4 is 44.2 Å². The Morgan fingerprint density at radius 1 is 0.804 bits per heavy atom. The molecule has 46 heavy (non-hydrogen) atoms. The summed E-state index contributed by atoms with van der Waals surface area (Å²) in [4.78, 5) is 70.3. The minimum atomic E-state index is -1.27. The molecule has 1 aromatic carbocycles. The van der Waals surface area contributed by atoms with E-state index in [0.717, 1.165) is 0 Å². The first-order chi connectivity index (χ1) is 20.3. The maximum atomic E-state index is 13.3. The molecule has 2 unspecified atom stereocenters. The van der Waals surface area contributed by atoms with E-state index in [2.05, 4.69) is 31.3 Å². The molecule has 262 valence electrons. The van der Waals surface area contributed by atoms with E-state index in [1.807, 2.05) is 0 Å². The van der Waals surface area contributed by atoms with Gasteiger partial charge in [0.15, 0.2) is 11.9 Å². The fourth-order valence-electron chi connectivity index (χ4n) is 3.94. The van der Waals surface area contributed by atoms with Crippen molar-refractivity contribution in [3.8, 4) is 0 Å². The lowest BCUT2D eigenvalue weighted by atomic mass is 10.0. The van der Waals surface area contributed by atoms with E-state index < -0.39 is 53.9 Å². The molecule has 0 aliphatic heterocycles. The van der Waals surface area contributed by atoms with Crippen LogP contribution in [0.15, 0.2) is 40.3 Å². The number of carboxylic acid groups (broad SMARTS) is 1. The number of carbonyl (C=O) groups is 5. The van der Waals surface area contributed by atoms with Crippen LogP contribution in [0.25, 0.3) is 0 Å². The van der Waals surface area contributed by atoms with Gasteiger partial charge in [0.1, 0.15) is 24.4 Å². The summed E-state index contributed by atoms with van der Waals surface area (Å²) < 4.78 is 0. The van der Waals surface area contributed by atoms with Crippen LogP contribution in [0, 0.1) is 5.92 Å². The summed E-state index contributed by atoms with van der Waals surface area (Å²) >= 11 is 0. The van der Waals surface area contributed by atoms with Crippen LogP contribution in [0.1, 0.15) is 45.1 Å². The maximum absolute atomic E-state index is 13.3. The number of amides is 4. The molecule has 18 nitrogen and oxygen atoms in total. The van der Waals surface area contributed by atoms with Crippen LogP contribution in [0.4, 0.5) is 4.79 Å². The van der Waals surface area contributed by atoms with Gasteiger partial charge in [0.2, 0.25) is 11.8 Å². The molecule has 0 bridgehead atoms. The third kappa shape index (κ3) is 18.9. The first-order valence-electron chi connectivity index (χ1n) is 13.8. The monoisotopic (exact) mass is 676 g/mol. The standard InChI is InChI=1S/C27H44N10O6.ClH.2H2O/c1-16(2)21(23(40)34-18(15-38)10-6-12-32-25(28)29)37-22(39)19(11-7-13-33-26(30)31)35-27(43)36-20(24(41)42)14-17-8-4-3-5-9-17;;;/h3-5,8-9,15-16,18-21H,6-7,10-14H2,1-2H3,(H,34,40)(H,37,39)(H,41,42)(H4,28,29,32)(H4,30,31,33)(H2,35,36,43);1H;2*1H2/t18?,19-,20?,21-;;;/m0.../s1. The quantitative estimate of drug-likeness (QED) is 0.0310. The molecule has 0 radical (unpaired) electrons. The minimum Gasteiger partial charge on any atom is -0.480 e. The zero-order valence-electron chi connectivity index (χ0n) is 25.9. The Morgan fingerprint density at radius 2 is 1.33 bits per heavy atom. The number of carbonyl (C=O) groups excluding carboxylic acids is 4. The number of halogens is 1. The third-order valence-corrected chi connectivity index (χ3v) is 6.16. The van der Waals surface area contributed by atoms with Crippen molar-refractivity contribution < 1.29 is 40.0 Å². The van der Waals surface area contributed by atoms with E-state index in [1.54, 1.807) is 44.2 Å². The third-order valence-electron chi connectivity index (χ3n) is 6.16. The van der Waals surface area contributed by atoms with Gasteiger partial charge in [-0.1, -0.05) is 44.2 Å². The maximum Gasteiger partial charge on any atom is 0.326 e. The summed E-state index contributed by atoms with van der Waals surface area (Å²) in [6, 6.07) is 3.51. The van der Waals surface area contributed by atoms with Crippen LogP contribution in [0.5, 0.6) is 0 Å². The lowest BCUT2D eigenvalue weighted by molar-refractivity contribution is -0.139. The molecule has 1 rings (SSSR count). The largest absolute Gasteiger partial charge is 0.480 e. The number of aliphatic carboxylic acids is 1. The fraction of sp³-hybridized carbons (Fsp3) is 0.519. The normalized spacial score (nSPS) is 12.5. The summed E-state index contributed by atoms with van der Waals surface area (Å²) in [6.07, 6.45) is 1.65. The highest BCUT2D eigenvalue weighted by molar-refractivity contribution is 5.93. The second-order valence-corrected chi connectivity index (χ2v) is 10.1. The summed E-state index contributed by atoms with van der Waals surface area (Å²) in [6.45, 7) is 3.84. The lowest BCUT2D eigenvalue weighted by Gasteiger charge is -2.27. The number of aldehydes is 1. The number of nitrogens with one attached hydrogen (secondary N) is 4. The van der Waals surface area contributed by atoms with Gasteiger partial charge < -0.3 is 65.1 Å². The van der Waals surface area contributed by atoms with Crippen molar-refractivity contribution in [2.45, 2.75) is 70.1 Å². The first kappa shape index (κ1) is 45.7. The molecule has 0 saturated carbocycles. The highest BCUT2D eigenvalue weighted by Crippen LogP contribution is 2.08. The second-order valence-electron chi connectivity index (χ2n) is 10.1. The number of benzene rings is 1. The predicted molar refractivity (Wildman–Crippen MR) is 176 cm³/mol. The van der Waals surface area contributed by atoms with E-state index in [-0.39, 0.29) is 74.1 Å². The molecule has 0 aromatic heterocycles. The number of urea groups is 1. The van der Waals surface area contributed by atoms with E-state index in [9.17, 15) is 29.1 Å². The number of guanidine groups is 2. The van der Waals surface area contributed by atoms with E-state index in [0.29, 0.717) is 18.3 Å². The molecular formula is C27H49ClN10O8. The molecule has 19 heteroatoms. The van der Waals surface area contributed by atoms with Gasteiger partial charge in [-0.2, -0.15) is 0 Å². The van der Waals surface area contributed by atoms with Crippen molar-refractivity contribution in [1.29, 1.82) is 0 Å². The van der Waals surface area contributed by atoms with Crippen molar-refractivity contribution in [3.05, 3.63) is 35.9 Å². The minimum absolute atomic E-state index is 0. The Balaban J connectivity index is -0.00000616. The molecule has 0 aliphatic carbocycles. The molecule has 4 amide bonds. The van der Waals surface area contributed by atoms with Crippen LogP contribution in [-0.4, -0.2) is 95.3 Å². The highest BCUT2D eigenvalue weighted by Gasteiger charge is 2.30. The van der Waals surface area contributed by atoms with Crippen LogP contribution in [0.3, 0.4) is 0 Å². The van der Waals surface area contributed by atoms with Gasteiger partial charge >= 0.3 is 12.0 Å². The van der Waals surface area contributed by atoms with Gasteiger partial charge in [-0.05, 0) is 37.2 Å². The predicted octanol–water partition coefficient (Wildman–Crippen LogP) is -2.95. The summed E-state index contributed by atoms with van der Waals surface area (Å²) in [5.74, 6) is -3.17. The Kier molecular flexibility index (Phi) is 24.5. The van der Waals surface area contributed by atoms with Gasteiger partial charge in [0.25, 0.3) is 0 Å². The van der Waals surface area contributed by atoms with Crippen molar-refractivity contribution in [3.63, 3.8) is 0 Å². The number of nitrogens with two attached hydrogens (primary N) is 4. The zero-order chi connectivity index (χ0) is 32.4. The SMILES string of the molecule is CC(C)[C@H](NC(=O)[C@H](CCCN=C(N)N)NC(=O)NC(Cc1ccccc1)C(=O)O)C(=O)NC(C=O)CCCN=C(N)N.Cl.O.O. The molecule has 0 spiro atoms. The Bertz CT molecular complexity index is 1130. The number of rotatable bonds is 19. The molecule has 1 aromatic rings. The van der Waals surface area contributed by atoms with Crippen LogP contribution in [0.2, 0.25) is 0 Å². The Hall–Kier alpha value is -4.68. The number of hydrogen-bond donors (Lipinski definition) is 9. The Morgan fingerprint density at radius 3 is 1.80 bits per heavy atom. The lowest BCUT2D eigenvalue weighted by Crippen LogP contribution is -2.58. The van der Waals surface area contributed by atoms with Gasteiger partial charge in [0, 0.05) is 19.5 Å². The average Bonchev–Trinajstić information content (AvgIpc) is 2.94. The number of carboxylic acids is 1. The summed E-state index contributed by atoms with van der Waals surface area (Å²) in [7, 11) is 0. The van der Waals surface area contributed by atoms with Gasteiger partial charge in [-0.3, -0.25) is 19.6 Å². The molecule has 0 aliphatic rings. The molecule has 0 heterocycles. The zero-order valence-corrected chi connectivity index (χ0v) is 26.7. The van der Waals surface area contributed by atoms with E-state index >= 15 is 0 Å². The van der Waals surface area contributed by atoms with Crippen molar-refractivity contribution in [1.82, 2.24) is 21.3 Å². The second kappa shape index (κ2) is 24.6. The van der Waals surface area contributed by atoms with Crippen molar-refractivity contribution in [2.75, 3.05) is 13.1 Å². The number of aliphatic imine (C=N–C) groups is 2. The van der Waals surface area contributed by atoms with Gasteiger partial charge in [-0.15, -0.1) is 12.4 Å². The molecule has 0 fully saturated rings.